The van der Waals surface area contributed by atoms with Crippen LogP contribution in [0.1, 0.15) is 29.7 Å². The molecule has 20 heavy (non-hydrogen) atoms. The number of para-hydroxylation sites is 1. The van der Waals surface area contributed by atoms with E-state index in [1.807, 2.05) is 39.0 Å². The van der Waals surface area contributed by atoms with Crippen LogP contribution in [-0.4, -0.2) is 4.92 Å². The Kier molecular flexibility index (Phi) is 4.03. The van der Waals surface area contributed by atoms with Crippen molar-refractivity contribution < 1.29 is 4.92 Å². The number of nitrogens with zero attached hydrogens (tertiary/aromatic N) is 1. The molecule has 1 atom stereocenters. The molecule has 4 nitrogen and oxygen atoms in total. The molecule has 0 aliphatic heterocycles. The Balaban J connectivity index is 2.28. The van der Waals surface area contributed by atoms with E-state index >= 15 is 0 Å². The van der Waals surface area contributed by atoms with Gasteiger partial charge in [0, 0.05) is 11.8 Å². The summed E-state index contributed by atoms with van der Waals surface area (Å²) in [6, 6.07) is 12.9. The molecule has 0 saturated heterocycles. The Morgan fingerprint density at radius 3 is 2.30 bits per heavy atom. The number of hydrogen-bond acceptors (Lipinski definition) is 3. The van der Waals surface area contributed by atoms with Gasteiger partial charge < -0.3 is 5.32 Å². The van der Waals surface area contributed by atoms with Crippen molar-refractivity contribution in [1.82, 2.24) is 0 Å². The minimum absolute atomic E-state index is 0.127. The molecule has 0 aromatic heterocycles. The minimum Gasteiger partial charge on any atom is -0.378 e. The first kappa shape index (κ1) is 14.1. The predicted octanol–water partition coefficient (Wildman–Crippen LogP) is 4.38. The Bertz CT molecular complexity index is 618. The van der Waals surface area contributed by atoms with Gasteiger partial charge in [0.05, 0.1) is 16.5 Å². The first-order chi connectivity index (χ1) is 9.47. The number of nitro benzene ring substituents is 1. The molecular weight excluding hydrogens is 252 g/mol. The van der Waals surface area contributed by atoms with Crippen LogP contribution < -0.4 is 5.32 Å². The third-order valence-corrected chi connectivity index (χ3v) is 3.20. The van der Waals surface area contributed by atoms with Gasteiger partial charge >= 0.3 is 0 Å². The molecule has 0 spiro atoms. The molecular formula is C16H18N2O2. The van der Waals surface area contributed by atoms with Crippen LogP contribution in [0.25, 0.3) is 0 Å². The van der Waals surface area contributed by atoms with E-state index in [0.717, 1.165) is 5.69 Å². The Morgan fingerprint density at radius 1 is 1.10 bits per heavy atom. The van der Waals surface area contributed by atoms with Crippen LogP contribution >= 0.6 is 0 Å². The van der Waals surface area contributed by atoms with Crippen molar-refractivity contribution in [2.24, 2.45) is 0 Å². The van der Waals surface area contributed by atoms with E-state index in [2.05, 4.69) is 11.4 Å². The second kappa shape index (κ2) is 5.74. The number of aryl methyl sites for hydroxylation is 2. The summed E-state index contributed by atoms with van der Waals surface area (Å²) in [5, 5.41) is 14.4. The van der Waals surface area contributed by atoms with Gasteiger partial charge in [-0.25, -0.2) is 0 Å². The molecule has 0 amide bonds. The zero-order valence-electron chi connectivity index (χ0n) is 11.9. The Labute approximate surface area is 118 Å². The lowest BCUT2D eigenvalue weighted by molar-refractivity contribution is -0.385. The first-order valence-corrected chi connectivity index (χ1v) is 6.55. The van der Waals surface area contributed by atoms with Crippen molar-refractivity contribution in [3.63, 3.8) is 0 Å². The Hall–Kier alpha value is -2.36. The second-order valence-corrected chi connectivity index (χ2v) is 5.06. The zero-order valence-corrected chi connectivity index (χ0v) is 11.9. The average molecular weight is 270 g/mol. The zero-order chi connectivity index (χ0) is 14.7. The van der Waals surface area contributed by atoms with Crippen molar-refractivity contribution >= 4 is 11.4 Å². The van der Waals surface area contributed by atoms with E-state index in [4.69, 9.17) is 0 Å². The molecule has 2 aromatic carbocycles. The van der Waals surface area contributed by atoms with Crippen LogP contribution in [0.3, 0.4) is 0 Å². The summed E-state index contributed by atoms with van der Waals surface area (Å²) in [4.78, 5) is 10.7. The summed E-state index contributed by atoms with van der Waals surface area (Å²) >= 11 is 0. The monoisotopic (exact) mass is 270 g/mol. The maximum absolute atomic E-state index is 11.1. The number of hydrogen-bond donors (Lipinski definition) is 1. The fraction of sp³-hybridized carbons (Fsp3) is 0.250. The lowest BCUT2D eigenvalue weighted by atomic mass is 10.1. The van der Waals surface area contributed by atoms with E-state index in [0.29, 0.717) is 5.56 Å². The van der Waals surface area contributed by atoms with Crippen molar-refractivity contribution in [3.8, 4) is 0 Å². The molecule has 0 heterocycles. The third kappa shape index (κ3) is 3.15. The molecule has 2 aromatic rings. The topological polar surface area (TPSA) is 55.2 Å². The lowest BCUT2D eigenvalue weighted by Crippen LogP contribution is -2.09. The standard InChI is InChI=1S/C16H18N2O2/c1-11-8-12(2)10-14(9-11)17-13(3)15-6-4-5-7-16(15)18(19)20/h4-10,13,17H,1-3H3. The van der Waals surface area contributed by atoms with Crippen LogP contribution in [-0.2, 0) is 0 Å². The number of rotatable bonds is 4. The van der Waals surface area contributed by atoms with Crippen LogP contribution in [0, 0.1) is 24.0 Å². The smallest absolute Gasteiger partial charge is 0.274 e. The molecule has 0 aliphatic carbocycles. The molecule has 0 bridgehead atoms. The van der Waals surface area contributed by atoms with E-state index in [1.165, 1.54) is 17.2 Å². The fourth-order valence-electron chi connectivity index (χ4n) is 2.41. The molecule has 104 valence electrons. The van der Waals surface area contributed by atoms with Crippen LogP contribution in [0.5, 0.6) is 0 Å². The summed E-state index contributed by atoms with van der Waals surface area (Å²) in [5.41, 5.74) is 4.16. The van der Waals surface area contributed by atoms with E-state index in [9.17, 15) is 10.1 Å². The van der Waals surface area contributed by atoms with Crippen molar-refractivity contribution in [3.05, 3.63) is 69.3 Å². The van der Waals surface area contributed by atoms with E-state index in [1.54, 1.807) is 12.1 Å². The molecule has 1 N–H and O–H groups in total. The van der Waals surface area contributed by atoms with Gasteiger partial charge in [-0.15, -0.1) is 0 Å². The van der Waals surface area contributed by atoms with Gasteiger partial charge in [-0.1, -0.05) is 24.3 Å². The average Bonchev–Trinajstić information content (AvgIpc) is 2.37. The molecule has 0 radical (unpaired) electrons. The second-order valence-electron chi connectivity index (χ2n) is 5.06. The van der Waals surface area contributed by atoms with Crippen molar-refractivity contribution in [2.75, 3.05) is 5.32 Å². The molecule has 1 unspecified atom stereocenters. The largest absolute Gasteiger partial charge is 0.378 e. The third-order valence-electron chi connectivity index (χ3n) is 3.20. The maximum Gasteiger partial charge on any atom is 0.274 e. The molecule has 0 aliphatic rings. The van der Waals surface area contributed by atoms with Gasteiger partial charge in [0.1, 0.15) is 0 Å². The summed E-state index contributed by atoms with van der Waals surface area (Å²) in [6.07, 6.45) is 0. The van der Waals surface area contributed by atoms with Crippen molar-refractivity contribution in [2.45, 2.75) is 26.8 Å². The van der Waals surface area contributed by atoms with Gasteiger partial charge in [0.15, 0.2) is 0 Å². The van der Waals surface area contributed by atoms with Gasteiger partial charge in [0.25, 0.3) is 5.69 Å². The number of nitro groups is 1. The predicted molar refractivity (Wildman–Crippen MR) is 81.1 cm³/mol. The van der Waals surface area contributed by atoms with Crippen LogP contribution in [0.4, 0.5) is 11.4 Å². The van der Waals surface area contributed by atoms with Crippen LogP contribution in [0.15, 0.2) is 42.5 Å². The van der Waals surface area contributed by atoms with Gasteiger partial charge in [-0.05, 0) is 44.0 Å². The fourth-order valence-corrected chi connectivity index (χ4v) is 2.41. The minimum atomic E-state index is -0.338. The summed E-state index contributed by atoms with van der Waals surface area (Å²) in [7, 11) is 0. The first-order valence-electron chi connectivity index (χ1n) is 6.55. The van der Waals surface area contributed by atoms with Crippen LogP contribution in [0.2, 0.25) is 0 Å². The maximum atomic E-state index is 11.1. The highest BCUT2D eigenvalue weighted by atomic mass is 16.6. The van der Waals surface area contributed by atoms with E-state index < -0.39 is 0 Å². The number of nitrogens with one attached hydrogen (secondary N) is 1. The van der Waals surface area contributed by atoms with Crippen molar-refractivity contribution in [1.29, 1.82) is 0 Å². The van der Waals surface area contributed by atoms with E-state index in [-0.39, 0.29) is 16.7 Å². The summed E-state index contributed by atoms with van der Waals surface area (Å²) in [5.74, 6) is 0. The normalized spacial score (nSPS) is 11.9. The highest BCUT2D eigenvalue weighted by Gasteiger charge is 2.17. The van der Waals surface area contributed by atoms with Gasteiger partial charge in [-0.3, -0.25) is 10.1 Å². The summed E-state index contributed by atoms with van der Waals surface area (Å²) in [6.45, 7) is 6.00. The quantitative estimate of drug-likeness (QED) is 0.662. The Morgan fingerprint density at radius 2 is 1.70 bits per heavy atom. The number of benzene rings is 2. The molecule has 2 rings (SSSR count). The highest BCUT2D eigenvalue weighted by molar-refractivity contribution is 5.52. The highest BCUT2D eigenvalue weighted by Crippen LogP contribution is 2.27. The molecule has 0 saturated carbocycles. The van der Waals surface area contributed by atoms with Gasteiger partial charge in [-0.2, -0.15) is 0 Å². The van der Waals surface area contributed by atoms with Gasteiger partial charge in [0.2, 0.25) is 0 Å². The SMILES string of the molecule is Cc1cc(C)cc(NC(C)c2ccccc2[N+](=O)[O-])c1. The molecule has 4 heteroatoms. The number of anilines is 1. The summed E-state index contributed by atoms with van der Waals surface area (Å²) < 4.78 is 0. The lowest BCUT2D eigenvalue weighted by Gasteiger charge is -2.16. The molecule has 0 fully saturated rings.